The zero-order valence-corrected chi connectivity index (χ0v) is 59.2. The van der Waals surface area contributed by atoms with Crippen LogP contribution in [-0.2, 0) is 40.0 Å². The van der Waals surface area contributed by atoms with Crippen molar-refractivity contribution in [1.82, 2.24) is 38.8 Å². The fourth-order valence-corrected chi connectivity index (χ4v) is 19.1. The van der Waals surface area contributed by atoms with Gasteiger partial charge in [-0.3, -0.25) is 9.69 Å². The predicted molar refractivity (Wildman–Crippen MR) is 376 cm³/mol. The number of benzene rings is 3. The Kier molecular flexibility index (Phi) is 21.5. The fourth-order valence-electron chi connectivity index (χ4n) is 18.5. The van der Waals surface area contributed by atoms with Crippen molar-refractivity contribution in [3.63, 3.8) is 0 Å². The van der Waals surface area contributed by atoms with Gasteiger partial charge in [-0.15, -0.1) is 5.92 Å². The van der Waals surface area contributed by atoms with Crippen LogP contribution in [0.2, 0.25) is 0 Å². The van der Waals surface area contributed by atoms with Gasteiger partial charge in [-0.05, 0) is 195 Å². The van der Waals surface area contributed by atoms with E-state index in [1.807, 2.05) is 35.8 Å². The molecule has 0 bridgehead atoms. The molecule has 0 atom stereocenters. The zero-order chi connectivity index (χ0) is 68.2. The monoisotopic (exact) mass is 1370 g/mol. The van der Waals surface area contributed by atoms with Gasteiger partial charge in [-0.2, -0.15) is 4.37 Å². The van der Waals surface area contributed by atoms with E-state index >= 15 is 0 Å². The maximum atomic E-state index is 14.5. The standard InChI is InChI=1S/C28H40FN3O4.C26H35FN4O3.C21H27N5OS/c1-2-34-26(33)31-13-7-22(8-14-31)30-15-11-27(12-16-30)20-32(25-4-3-21(29)19-24(25)27)23-5-9-28(10-6-23)35-17-18-36-28;1-4-5-6-17-34-25(33)30-13-9-21(10-14-30)29-15-11-26(12-16-29)19-31(24(32)28(2)3)23-8-7-20(27)18-22(23)26;1-16(27)26-14-21(18-4-2-3-5-19(18)26)8-12-24(13-9-21)17-6-10-25(11-7-17)20-22-15-23-28-20/h3-4,19,22-23H,2,5-18,20H2,1H3;7-8,18,21H,4,9-17,19H2,1-3H3;2-5,15,17H,6-14H2,1H3. The van der Waals surface area contributed by atoms with Gasteiger partial charge in [0.2, 0.25) is 11.0 Å². The molecular formula is C75H102F2N12O8S. The second kappa shape index (κ2) is 30.3. The third-order valence-electron chi connectivity index (χ3n) is 24.0. The summed E-state index contributed by atoms with van der Waals surface area (Å²) < 4.78 is 55.2. The van der Waals surface area contributed by atoms with Gasteiger partial charge in [0.1, 0.15) is 18.0 Å². The summed E-state index contributed by atoms with van der Waals surface area (Å²) in [5, 5.41) is 1.06. The number of fused-ring (bicyclic) bond motifs is 6. The molecule has 4 spiro atoms. The number of anilines is 4. The number of rotatable bonds is 7. The predicted octanol–water partition coefficient (Wildman–Crippen LogP) is 10.9. The molecule has 0 unspecified atom stereocenters. The van der Waals surface area contributed by atoms with E-state index in [9.17, 15) is 28.0 Å². The Morgan fingerprint density at radius 2 is 1.06 bits per heavy atom. The van der Waals surface area contributed by atoms with E-state index in [0.717, 1.165) is 197 Å². The molecule has 8 fully saturated rings. The van der Waals surface area contributed by atoms with Crippen molar-refractivity contribution < 1.29 is 46.9 Å². The van der Waals surface area contributed by atoms with E-state index in [2.05, 4.69) is 70.0 Å². The number of halogens is 2. The minimum atomic E-state index is -0.353. The van der Waals surface area contributed by atoms with Crippen LogP contribution < -0.4 is 19.6 Å². The number of aromatic nitrogens is 2. The highest BCUT2D eigenvalue weighted by atomic mass is 32.1. The van der Waals surface area contributed by atoms with Crippen LogP contribution in [0.15, 0.2) is 67.0 Å². The second-order valence-electron chi connectivity index (χ2n) is 29.5. The number of hydrogen-bond acceptors (Lipinski definition) is 16. The van der Waals surface area contributed by atoms with Crippen LogP contribution in [0.1, 0.15) is 147 Å². The van der Waals surface area contributed by atoms with Gasteiger partial charge in [-0.1, -0.05) is 31.0 Å². The number of carbonyl (C=O) groups excluding carboxylic acids is 4. The molecule has 11 aliphatic rings. The summed E-state index contributed by atoms with van der Waals surface area (Å²) in [6.45, 7) is 21.1. The summed E-state index contributed by atoms with van der Waals surface area (Å²) in [4.78, 5) is 75.4. The van der Waals surface area contributed by atoms with Crippen molar-refractivity contribution in [2.45, 2.75) is 176 Å². The molecule has 23 heteroatoms. The quantitative estimate of drug-likeness (QED) is 0.161. The Morgan fingerprint density at radius 1 is 0.571 bits per heavy atom. The molecule has 7 saturated heterocycles. The Labute approximate surface area is 582 Å². The highest BCUT2D eigenvalue weighted by Gasteiger charge is 2.52. The average Bonchev–Trinajstić information content (AvgIpc) is 1.60. The summed E-state index contributed by atoms with van der Waals surface area (Å²) in [5.74, 6) is 5.17. The van der Waals surface area contributed by atoms with E-state index in [4.69, 9.17) is 18.9 Å². The first-order chi connectivity index (χ1) is 47.5. The number of piperidine rings is 6. The van der Waals surface area contributed by atoms with Gasteiger partial charge in [-0.25, -0.2) is 28.1 Å². The fraction of sp³-hybridized carbons (Fsp3) is 0.653. The molecule has 0 N–H and O–H groups in total. The highest BCUT2D eigenvalue weighted by Crippen LogP contribution is 2.53. The molecule has 5 amide bonds. The number of nitrogens with zero attached hydrogens (tertiary/aromatic N) is 12. The highest BCUT2D eigenvalue weighted by molar-refractivity contribution is 7.09. The Morgan fingerprint density at radius 3 is 1.58 bits per heavy atom. The first kappa shape index (κ1) is 69.8. The van der Waals surface area contributed by atoms with Gasteiger partial charge in [0.15, 0.2) is 12.4 Å². The molecule has 4 aromatic rings. The van der Waals surface area contributed by atoms with Crippen molar-refractivity contribution in [3.05, 3.63) is 95.3 Å². The first-order valence-electron chi connectivity index (χ1n) is 36.6. The number of para-hydroxylation sites is 1. The molecule has 0 radical (unpaired) electrons. The van der Waals surface area contributed by atoms with Crippen molar-refractivity contribution in [3.8, 4) is 11.8 Å². The molecule has 15 rings (SSSR count). The van der Waals surface area contributed by atoms with Gasteiger partial charge in [0.05, 0.1) is 19.8 Å². The first-order valence-corrected chi connectivity index (χ1v) is 37.3. The minimum Gasteiger partial charge on any atom is -0.450 e. The number of ether oxygens (including phenoxy) is 4. The van der Waals surface area contributed by atoms with Crippen molar-refractivity contribution in [1.29, 1.82) is 0 Å². The van der Waals surface area contributed by atoms with Gasteiger partial charge < -0.3 is 63.0 Å². The van der Waals surface area contributed by atoms with Crippen LogP contribution in [0.3, 0.4) is 0 Å². The summed E-state index contributed by atoms with van der Waals surface area (Å²) in [6, 6.07) is 20.8. The van der Waals surface area contributed by atoms with Crippen LogP contribution in [0.5, 0.6) is 0 Å². The van der Waals surface area contributed by atoms with E-state index in [0.29, 0.717) is 63.6 Å². The van der Waals surface area contributed by atoms with Crippen LogP contribution in [0.4, 0.5) is 45.4 Å². The lowest BCUT2D eigenvalue weighted by molar-refractivity contribution is -0.178. The zero-order valence-electron chi connectivity index (χ0n) is 58.4. The molecule has 530 valence electrons. The smallest absolute Gasteiger partial charge is 0.410 e. The largest absolute Gasteiger partial charge is 0.450 e. The summed E-state index contributed by atoms with van der Waals surface area (Å²) in [7, 11) is 3.50. The topological polar surface area (TPSA) is 163 Å². The lowest BCUT2D eigenvalue weighted by atomic mass is 9.73. The van der Waals surface area contributed by atoms with E-state index < -0.39 is 0 Å². The maximum Gasteiger partial charge on any atom is 0.410 e. The van der Waals surface area contributed by atoms with Gasteiger partial charge in [0.25, 0.3) is 0 Å². The number of urea groups is 1. The van der Waals surface area contributed by atoms with Crippen LogP contribution in [0, 0.1) is 23.5 Å². The number of hydrogen-bond donors (Lipinski definition) is 0. The summed E-state index contributed by atoms with van der Waals surface area (Å²) in [5.41, 5.74) is 6.74. The van der Waals surface area contributed by atoms with Crippen LogP contribution in [-0.4, -0.2) is 232 Å². The van der Waals surface area contributed by atoms with Crippen molar-refractivity contribution in [2.75, 3.05) is 158 Å². The minimum absolute atomic E-state index is 0.0229. The molecule has 11 heterocycles. The summed E-state index contributed by atoms with van der Waals surface area (Å²) in [6.07, 6.45) is 18.3. The SMILES string of the molecule is CC(=O)N1CC2(CCN(C3CCN(c4ncns4)CC3)CC2)c2ccccc21.CCC#CCOC(=O)N1CCC(N2CCC3(CC2)CN(C(=O)N(C)C)c2ccc(F)cc23)CC1.CCOC(=O)N1CCC(N2CCC3(CC2)CN(C2CCC4(CC2)OCCO4)c2ccc(F)cc23)CC1. The van der Waals surface area contributed by atoms with E-state index in [1.54, 1.807) is 60.2 Å². The average molecular weight is 1370 g/mol. The Hall–Kier alpha value is -6.68. The van der Waals surface area contributed by atoms with E-state index in [1.165, 1.54) is 47.3 Å². The maximum absolute atomic E-state index is 14.5. The molecule has 20 nitrogen and oxygen atoms in total. The van der Waals surface area contributed by atoms with Gasteiger partial charge >= 0.3 is 18.2 Å². The Bertz CT molecular complexity index is 3470. The van der Waals surface area contributed by atoms with Crippen LogP contribution >= 0.6 is 11.5 Å². The molecule has 10 aliphatic heterocycles. The molecule has 1 aromatic heterocycles. The number of likely N-dealkylation sites (tertiary alicyclic amines) is 5. The lowest BCUT2D eigenvalue weighted by Gasteiger charge is -2.46. The van der Waals surface area contributed by atoms with Crippen molar-refractivity contribution >= 4 is 57.9 Å². The number of amides is 5. The lowest BCUT2D eigenvalue weighted by Crippen LogP contribution is -2.53. The third-order valence-corrected chi connectivity index (χ3v) is 24.7. The summed E-state index contributed by atoms with van der Waals surface area (Å²) >= 11 is 1.49. The number of carbonyl (C=O) groups is 4. The van der Waals surface area contributed by atoms with Gasteiger partial charge in [0, 0.05) is 168 Å². The molecule has 3 aromatic carbocycles. The molecule has 1 saturated carbocycles. The normalized spacial score (nSPS) is 23.2. The second-order valence-corrected chi connectivity index (χ2v) is 30.2. The third kappa shape index (κ3) is 14.6. The van der Waals surface area contributed by atoms with Crippen LogP contribution in [0.25, 0.3) is 0 Å². The molecule has 1 aliphatic carbocycles. The molecule has 98 heavy (non-hydrogen) atoms. The van der Waals surface area contributed by atoms with E-state index in [-0.39, 0.29) is 64.4 Å². The molecular weight excluding hydrogens is 1270 g/mol. The Balaban J connectivity index is 0.000000133. The van der Waals surface area contributed by atoms with Crippen molar-refractivity contribution in [2.24, 2.45) is 0 Å².